The molecule has 8 aromatic rings. The lowest BCUT2D eigenvalue weighted by atomic mass is 9.79. The van der Waals surface area contributed by atoms with E-state index in [1.54, 1.807) is 12.1 Å². The number of benzene rings is 8. The van der Waals surface area contributed by atoms with E-state index in [0.29, 0.717) is 32.3 Å². The Kier molecular flexibility index (Phi) is 2.93. The SMILES string of the molecule is O=c1c2c(O)ccc3c4ccc(O)c5c(=O)c6c(O)cc(O)c7c8c(O)cc(O)c1c8c(c23)c(c54)c67. The Balaban J connectivity index is 2.02. The fraction of sp³-hybridized carbons (Fsp3) is 0. The highest BCUT2D eigenvalue weighted by atomic mass is 16.3. The fourth-order valence-corrected chi connectivity index (χ4v) is 6.39. The van der Waals surface area contributed by atoms with Gasteiger partial charge in [-0.15, -0.1) is 0 Å². The molecule has 0 aliphatic carbocycles. The first-order valence-electron chi connectivity index (χ1n) is 11.0. The second-order valence-electron chi connectivity index (χ2n) is 9.25. The van der Waals surface area contributed by atoms with Gasteiger partial charge in [0.05, 0.1) is 21.5 Å². The summed E-state index contributed by atoms with van der Waals surface area (Å²) in [6.07, 6.45) is 0. The van der Waals surface area contributed by atoms with Crippen molar-refractivity contribution in [1.82, 2.24) is 0 Å². The Morgan fingerprint density at radius 3 is 1.03 bits per heavy atom. The van der Waals surface area contributed by atoms with E-state index in [2.05, 4.69) is 0 Å². The van der Waals surface area contributed by atoms with Gasteiger partial charge in [0.1, 0.15) is 34.5 Å². The topological polar surface area (TPSA) is 156 Å². The molecule has 0 saturated carbocycles. The van der Waals surface area contributed by atoms with Crippen molar-refractivity contribution in [2.45, 2.75) is 0 Å². The minimum atomic E-state index is -0.668. The molecule has 6 N–H and O–H groups in total. The molecule has 0 aliphatic heterocycles. The molecule has 8 heteroatoms. The highest BCUT2D eigenvalue weighted by Crippen LogP contribution is 2.56. The van der Waals surface area contributed by atoms with Gasteiger partial charge in [-0.1, -0.05) is 12.1 Å². The molecule has 172 valence electrons. The lowest BCUT2D eigenvalue weighted by molar-refractivity contribution is 0.455. The van der Waals surface area contributed by atoms with Crippen LogP contribution in [-0.4, -0.2) is 30.6 Å². The minimum absolute atomic E-state index is 0.0171. The first-order valence-corrected chi connectivity index (χ1v) is 11.0. The van der Waals surface area contributed by atoms with E-state index in [9.17, 15) is 40.2 Å². The number of phenolic OH excluding ortho intramolecular Hbond substituents is 6. The second kappa shape index (κ2) is 5.52. The summed E-state index contributed by atoms with van der Waals surface area (Å²) >= 11 is 0. The Hall–Kier alpha value is -5.24. The average Bonchev–Trinajstić information content (AvgIpc) is 2.82. The summed E-state index contributed by atoms with van der Waals surface area (Å²) in [5.41, 5.74) is -1.34. The van der Waals surface area contributed by atoms with Crippen LogP contribution in [0.25, 0.3) is 75.4 Å². The van der Waals surface area contributed by atoms with Gasteiger partial charge in [0.15, 0.2) is 0 Å². The summed E-state index contributed by atoms with van der Waals surface area (Å²) in [6.45, 7) is 0. The smallest absolute Gasteiger partial charge is 0.201 e. The van der Waals surface area contributed by atoms with Crippen molar-refractivity contribution in [3.63, 3.8) is 0 Å². The van der Waals surface area contributed by atoms with Gasteiger partial charge in [-0.25, -0.2) is 0 Å². The van der Waals surface area contributed by atoms with Crippen molar-refractivity contribution in [1.29, 1.82) is 0 Å². The fourth-order valence-electron chi connectivity index (χ4n) is 6.39. The van der Waals surface area contributed by atoms with Crippen molar-refractivity contribution >= 4 is 75.4 Å². The quantitative estimate of drug-likeness (QED) is 0.138. The van der Waals surface area contributed by atoms with Crippen LogP contribution in [0.1, 0.15) is 0 Å². The molecule has 0 saturated heterocycles. The standard InChI is InChI=1S/C28H12O8/c29-9-3-1-7-8-2-4-10(30)20-16(8)24-23-15(7)19(9)27(35)21-13(33)5-11(31)17(25(21)23)18-12(32)6-14(34)22(26(18)24)28(20)36/h1-6,29-34H. The molecular formula is C28H12O8. The van der Waals surface area contributed by atoms with Gasteiger partial charge >= 0.3 is 0 Å². The van der Waals surface area contributed by atoms with Crippen LogP contribution in [0.3, 0.4) is 0 Å². The van der Waals surface area contributed by atoms with E-state index < -0.39 is 33.9 Å². The van der Waals surface area contributed by atoms with Gasteiger partial charge in [-0.3, -0.25) is 9.59 Å². The predicted octanol–water partition coefficient (Wildman–Crippen LogP) is 4.46. The zero-order chi connectivity index (χ0) is 24.9. The number of rotatable bonds is 0. The van der Waals surface area contributed by atoms with E-state index in [4.69, 9.17) is 0 Å². The molecule has 8 aromatic carbocycles. The first kappa shape index (κ1) is 19.1. The molecule has 0 aromatic heterocycles. The molecule has 8 rings (SSSR count). The van der Waals surface area contributed by atoms with E-state index in [1.807, 2.05) is 0 Å². The molecule has 0 heterocycles. The zero-order valence-corrected chi connectivity index (χ0v) is 18.0. The second-order valence-corrected chi connectivity index (χ2v) is 9.25. The summed E-state index contributed by atoms with van der Waals surface area (Å²) in [7, 11) is 0. The normalized spacial score (nSPS) is 12.8. The van der Waals surface area contributed by atoms with Crippen molar-refractivity contribution < 1.29 is 30.6 Å². The lowest BCUT2D eigenvalue weighted by Crippen LogP contribution is -2.09. The van der Waals surface area contributed by atoms with E-state index in [-0.39, 0.29) is 54.6 Å². The molecule has 0 aliphatic rings. The number of phenols is 6. The minimum Gasteiger partial charge on any atom is -0.507 e. The number of hydrogen-bond donors (Lipinski definition) is 6. The van der Waals surface area contributed by atoms with Gasteiger partial charge in [0, 0.05) is 55.2 Å². The Morgan fingerprint density at radius 1 is 0.333 bits per heavy atom. The Morgan fingerprint density at radius 2 is 0.639 bits per heavy atom. The van der Waals surface area contributed by atoms with Crippen molar-refractivity contribution in [2.75, 3.05) is 0 Å². The first-order chi connectivity index (χ1) is 17.2. The average molecular weight is 476 g/mol. The molecule has 0 radical (unpaired) electrons. The number of fused-ring (bicyclic) bond motifs is 2. The van der Waals surface area contributed by atoms with Crippen molar-refractivity contribution in [3.8, 4) is 34.5 Å². The maximum Gasteiger partial charge on any atom is 0.201 e. The van der Waals surface area contributed by atoms with Crippen molar-refractivity contribution in [3.05, 3.63) is 56.8 Å². The van der Waals surface area contributed by atoms with Gasteiger partial charge in [-0.2, -0.15) is 0 Å². The largest absolute Gasteiger partial charge is 0.507 e. The molecular weight excluding hydrogens is 464 g/mol. The van der Waals surface area contributed by atoms with Gasteiger partial charge in [-0.05, 0) is 22.9 Å². The van der Waals surface area contributed by atoms with Crippen molar-refractivity contribution in [2.24, 2.45) is 0 Å². The monoisotopic (exact) mass is 476 g/mol. The summed E-state index contributed by atoms with van der Waals surface area (Å²) in [6, 6.07) is 7.85. The third kappa shape index (κ3) is 1.74. The zero-order valence-electron chi connectivity index (χ0n) is 18.0. The number of aromatic hydroxyl groups is 6. The summed E-state index contributed by atoms with van der Waals surface area (Å²) in [5, 5.41) is 67.3. The molecule has 0 fully saturated rings. The summed E-state index contributed by atoms with van der Waals surface area (Å²) in [5.74, 6) is -2.56. The van der Waals surface area contributed by atoms with Crippen LogP contribution in [0.2, 0.25) is 0 Å². The van der Waals surface area contributed by atoms with Crippen LogP contribution in [0.4, 0.5) is 0 Å². The molecule has 0 amide bonds. The van der Waals surface area contributed by atoms with Crippen LogP contribution in [0.15, 0.2) is 46.0 Å². The summed E-state index contributed by atoms with van der Waals surface area (Å²) < 4.78 is 0. The Bertz CT molecular complexity index is 2240. The van der Waals surface area contributed by atoms with Gasteiger partial charge in [0.2, 0.25) is 10.9 Å². The summed E-state index contributed by atoms with van der Waals surface area (Å²) in [4.78, 5) is 27.4. The molecule has 0 atom stereocenters. The maximum atomic E-state index is 13.7. The van der Waals surface area contributed by atoms with E-state index in [0.717, 1.165) is 12.1 Å². The van der Waals surface area contributed by atoms with Crippen LogP contribution in [-0.2, 0) is 0 Å². The predicted molar refractivity (Wildman–Crippen MR) is 136 cm³/mol. The van der Waals surface area contributed by atoms with Gasteiger partial charge in [0.25, 0.3) is 0 Å². The molecule has 0 bridgehead atoms. The molecule has 0 unspecified atom stereocenters. The maximum absolute atomic E-state index is 13.7. The van der Waals surface area contributed by atoms with Gasteiger partial charge < -0.3 is 30.6 Å². The highest BCUT2D eigenvalue weighted by molar-refractivity contribution is 6.50. The third-order valence-corrected chi connectivity index (χ3v) is 7.64. The van der Waals surface area contributed by atoms with E-state index in [1.165, 1.54) is 12.1 Å². The van der Waals surface area contributed by atoms with Crippen LogP contribution in [0.5, 0.6) is 34.5 Å². The highest BCUT2D eigenvalue weighted by Gasteiger charge is 2.31. The van der Waals surface area contributed by atoms with E-state index >= 15 is 0 Å². The Labute approximate surface area is 197 Å². The van der Waals surface area contributed by atoms with Crippen LogP contribution >= 0.6 is 0 Å². The molecule has 8 nitrogen and oxygen atoms in total. The number of hydrogen-bond acceptors (Lipinski definition) is 8. The lowest BCUT2D eigenvalue weighted by Gasteiger charge is -2.23. The molecule has 0 spiro atoms. The third-order valence-electron chi connectivity index (χ3n) is 7.64. The van der Waals surface area contributed by atoms with Crippen LogP contribution < -0.4 is 10.9 Å². The molecule has 36 heavy (non-hydrogen) atoms. The van der Waals surface area contributed by atoms with Crippen LogP contribution in [0, 0.1) is 0 Å².